The Hall–Kier alpha value is -3.61. The van der Waals surface area contributed by atoms with Crippen LogP contribution in [0.3, 0.4) is 0 Å². The number of aldehydes is 1. The molecular formula is C33H41N7O3S. The van der Waals surface area contributed by atoms with Gasteiger partial charge in [-0.2, -0.15) is 12.6 Å². The van der Waals surface area contributed by atoms with Crippen molar-refractivity contribution in [3.63, 3.8) is 0 Å². The number of aliphatic hydroxyl groups is 1. The van der Waals surface area contributed by atoms with Gasteiger partial charge >= 0.3 is 0 Å². The summed E-state index contributed by atoms with van der Waals surface area (Å²) in [5.74, 6) is 2.14. The van der Waals surface area contributed by atoms with Gasteiger partial charge in [-0.3, -0.25) is 9.88 Å². The van der Waals surface area contributed by atoms with E-state index in [0.717, 1.165) is 70.8 Å². The second kappa shape index (κ2) is 14.9. The van der Waals surface area contributed by atoms with Crippen molar-refractivity contribution in [3.8, 4) is 39.5 Å². The van der Waals surface area contributed by atoms with E-state index >= 15 is 0 Å². The van der Waals surface area contributed by atoms with Crippen LogP contribution in [0.4, 0.5) is 0 Å². The first kappa shape index (κ1) is 31.8. The molecule has 1 atom stereocenters. The smallest absolute Gasteiger partial charge is 0.167 e. The van der Waals surface area contributed by atoms with E-state index in [1.54, 1.807) is 0 Å². The Balaban J connectivity index is 1.40. The monoisotopic (exact) mass is 615 g/mol. The first-order valence-electron chi connectivity index (χ1n) is 15.1. The van der Waals surface area contributed by atoms with Gasteiger partial charge in [-0.25, -0.2) is 0 Å². The van der Waals surface area contributed by atoms with Gasteiger partial charge in [0.05, 0.1) is 30.1 Å². The van der Waals surface area contributed by atoms with Gasteiger partial charge in [-0.05, 0) is 49.2 Å². The number of fused-ring (bicyclic) bond motifs is 1. The number of hydrogen-bond donors (Lipinski definition) is 5. The number of phenolic OH excluding ortho intramolecular Hbond substituents is 1. The van der Waals surface area contributed by atoms with Crippen LogP contribution in [0.25, 0.3) is 33.8 Å². The molecule has 0 amide bonds. The molecule has 3 heterocycles. The molecule has 0 aliphatic carbocycles. The Morgan fingerprint density at radius 3 is 2.57 bits per heavy atom. The minimum Gasteiger partial charge on any atom is -0.507 e. The molecule has 0 spiro atoms. The molecular weight excluding hydrogens is 574 g/mol. The van der Waals surface area contributed by atoms with E-state index in [-0.39, 0.29) is 18.4 Å². The third-order valence-corrected chi connectivity index (χ3v) is 8.69. The Bertz CT molecular complexity index is 1590. The molecule has 232 valence electrons. The summed E-state index contributed by atoms with van der Waals surface area (Å²) in [7, 11) is 1.91. The van der Waals surface area contributed by atoms with Gasteiger partial charge in [-0.15, -0.1) is 10.2 Å². The number of aromatic nitrogens is 4. The van der Waals surface area contributed by atoms with Crippen molar-refractivity contribution in [1.29, 1.82) is 0 Å². The second-order valence-corrected chi connectivity index (χ2v) is 11.4. The molecule has 0 saturated carbocycles. The molecule has 0 fully saturated rings. The zero-order valence-electron chi connectivity index (χ0n) is 25.3. The summed E-state index contributed by atoms with van der Waals surface area (Å²) in [6, 6.07) is 16.2. The highest BCUT2D eigenvalue weighted by atomic mass is 32.1. The summed E-state index contributed by atoms with van der Waals surface area (Å²) >= 11 is 4.57. The Kier molecular flexibility index (Phi) is 10.8. The third kappa shape index (κ3) is 6.87. The molecule has 11 heteroatoms. The van der Waals surface area contributed by atoms with Crippen molar-refractivity contribution >= 4 is 18.9 Å². The number of aliphatic hydroxyl groups excluding tert-OH is 1. The number of carbonyl (C=O) groups excluding carboxylic acids is 1. The zero-order chi connectivity index (χ0) is 31.1. The van der Waals surface area contributed by atoms with E-state index in [0.29, 0.717) is 49.7 Å². The predicted molar refractivity (Wildman–Crippen MR) is 175 cm³/mol. The Morgan fingerprint density at radius 2 is 1.82 bits per heavy atom. The lowest BCUT2D eigenvalue weighted by Gasteiger charge is -2.27. The van der Waals surface area contributed by atoms with E-state index in [1.165, 1.54) is 0 Å². The molecule has 1 aliphatic heterocycles. The van der Waals surface area contributed by atoms with Crippen LogP contribution in [0.15, 0.2) is 48.5 Å². The maximum Gasteiger partial charge on any atom is 0.167 e. The minimum absolute atomic E-state index is 0.108. The predicted octanol–water partition coefficient (Wildman–Crippen LogP) is 3.58. The van der Waals surface area contributed by atoms with Gasteiger partial charge in [0, 0.05) is 62.1 Å². The first-order chi connectivity index (χ1) is 21.5. The third-order valence-electron chi connectivity index (χ3n) is 8.39. The van der Waals surface area contributed by atoms with Crippen molar-refractivity contribution in [1.82, 2.24) is 35.3 Å². The fourth-order valence-corrected chi connectivity index (χ4v) is 6.14. The Labute approximate surface area is 264 Å². The lowest BCUT2D eigenvalue weighted by molar-refractivity contribution is -0.108. The topological polar surface area (TPSA) is 128 Å². The fourth-order valence-electron chi connectivity index (χ4n) is 5.86. The molecule has 5 rings (SSSR count). The standard InChI is InChI=1S/C33H41N7O3S/c1-22-25(27-9-4-10-28(32(27)43)33-38-37-31-20-39(15-17-42)13-14-40(31)33)7-3-8-26(22)29-12-11-23(30(21-44)36-29)18-35-19-24(34-2)6-5-16-41/h3-4,7-12,16,24,34-35,42-44H,5-6,13-15,17-21H2,1-2H3. The summed E-state index contributed by atoms with van der Waals surface area (Å²) < 4.78 is 2.05. The number of nitrogens with one attached hydrogen (secondary N) is 2. The number of pyridine rings is 1. The van der Waals surface area contributed by atoms with Crippen LogP contribution in [0, 0.1) is 6.92 Å². The summed E-state index contributed by atoms with van der Waals surface area (Å²) in [5.41, 5.74) is 7.14. The SMILES string of the molecule is CNC(CCC=O)CNCc1ccc(-c2cccc(-c3cccc(-c4nnc5n4CCN(CCO)C5)c3O)c2C)nc1CS. The van der Waals surface area contributed by atoms with E-state index in [1.807, 2.05) is 43.4 Å². The largest absolute Gasteiger partial charge is 0.507 e. The molecule has 1 unspecified atom stereocenters. The highest BCUT2D eigenvalue weighted by Crippen LogP contribution is 2.41. The number of phenols is 1. The van der Waals surface area contributed by atoms with E-state index in [4.69, 9.17) is 4.98 Å². The van der Waals surface area contributed by atoms with Crippen molar-refractivity contribution in [2.45, 2.75) is 51.2 Å². The van der Waals surface area contributed by atoms with Gasteiger partial charge in [0.15, 0.2) is 5.82 Å². The number of para-hydroxylation sites is 1. The molecule has 0 radical (unpaired) electrons. The number of likely N-dealkylation sites (N-methyl/N-ethyl adjacent to an activating group) is 1. The normalized spacial score (nSPS) is 14.0. The summed E-state index contributed by atoms with van der Waals surface area (Å²) in [6.45, 7) is 6.27. The van der Waals surface area contributed by atoms with Crippen LogP contribution < -0.4 is 10.6 Å². The number of aromatic hydroxyl groups is 1. The molecule has 0 bridgehead atoms. The zero-order valence-corrected chi connectivity index (χ0v) is 26.2. The highest BCUT2D eigenvalue weighted by molar-refractivity contribution is 7.79. The van der Waals surface area contributed by atoms with Gasteiger partial charge in [0.1, 0.15) is 17.9 Å². The maximum absolute atomic E-state index is 11.6. The molecule has 1 aliphatic rings. The fraction of sp³-hybridized carbons (Fsp3) is 0.394. The van der Waals surface area contributed by atoms with Crippen LogP contribution >= 0.6 is 12.6 Å². The maximum atomic E-state index is 11.6. The molecule has 4 N–H and O–H groups in total. The molecule has 0 saturated heterocycles. The first-order valence-corrected chi connectivity index (χ1v) is 15.7. The molecule has 44 heavy (non-hydrogen) atoms. The average molecular weight is 616 g/mol. The van der Waals surface area contributed by atoms with Crippen molar-refractivity contribution < 1.29 is 15.0 Å². The number of hydrogen-bond acceptors (Lipinski definition) is 10. The summed E-state index contributed by atoms with van der Waals surface area (Å²) in [4.78, 5) is 17.9. The second-order valence-electron chi connectivity index (χ2n) is 11.1. The summed E-state index contributed by atoms with van der Waals surface area (Å²) in [6.07, 6.45) is 2.29. The molecule has 2 aromatic carbocycles. The van der Waals surface area contributed by atoms with Gasteiger partial charge in [-0.1, -0.05) is 36.4 Å². The van der Waals surface area contributed by atoms with Crippen molar-refractivity contribution in [2.24, 2.45) is 0 Å². The van der Waals surface area contributed by atoms with E-state index < -0.39 is 0 Å². The highest BCUT2D eigenvalue weighted by Gasteiger charge is 2.24. The lowest BCUT2D eigenvalue weighted by atomic mass is 9.92. The van der Waals surface area contributed by atoms with Crippen LogP contribution in [0.2, 0.25) is 0 Å². The van der Waals surface area contributed by atoms with Gasteiger partial charge in [0.25, 0.3) is 0 Å². The van der Waals surface area contributed by atoms with Crippen LogP contribution in [0.5, 0.6) is 5.75 Å². The average Bonchev–Trinajstić information content (AvgIpc) is 3.46. The number of carbonyl (C=O) groups is 1. The number of nitrogens with zero attached hydrogens (tertiary/aromatic N) is 5. The molecule has 4 aromatic rings. The van der Waals surface area contributed by atoms with Gasteiger partial charge < -0.3 is 30.2 Å². The Morgan fingerprint density at radius 1 is 1.05 bits per heavy atom. The van der Waals surface area contributed by atoms with Crippen LogP contribution in [-0.4, -0.2) is 80.5 Å². The van der Waals surface area contributed by atoms with Crippen molar-refractivity contribution in [3.05, 3.63) is 71.2 Å². The van der Waals surface area contributed by atoms with Crippen LogP contribution in [-0.2, 0) is 30.2 Å². The lowest BCUT2D eigenvalue weighted by Crippen LogP contribution is -2.36. The minimum atomic E-state index is 0.108. The van der Waals surface area contributed by atoms with E-state index in [2.05, 4.69) is 62.0 Å². The number of thiol groups is 1. The summed E-state index contributed by atoms with van der Waals surface area (Å²) in [5, 5.41) is 36.5. The number of β-amino-alcohol motifs (C(OH)–C–C–N with tert-alkyl or cyclic N) is 1. The van der Waals surface area contributed by atoms with Crippen molar-refractivity contribution in [2.75, 3.05) is 33.3 Å². The van der Waals surface area contributed by atoms with Crippen LogP contribution in [0.1, 0.15) is 35.5 Å². The quantitative estimate of drug-likeness (QED) is 0.107. The number of rotatable bonds is 14. The van der Waals surface area contributed by atoms with Gasteiger partial charge in [0.2, 0.25) is 0 Å². The molecule has 10 nitrogen and oxygen atoms in total. The number of benzene rings is 2. The molecule has 2 aromatic heterocycles. The van der Waals surface area contributed by atoms with E-state index in [9.17, 15) is 15.0 Å².